The van der Waals surface area contributed by atoms with Crippen LogP contribution in [0.2, 0.25) is 0 Å². The lowest BCUT2D eigenvalue weighted by Crippen LogP contribution is -2.50. The maximum Gasteiger partial charge on any atom is 0.417 e. The maximum absolute atomic E-state index is 14.0. The van der Waals surface area contributed by atoms with Crippen LogP contribution in [-0.4, -0.2) is 71.7 Å². The quantitative estimate of drug-likeness (QED) is 0.687. The summed E-state index contributed by atoms with van der Waals surface area (Å²) < 4.78 is 45.1. The largest absolute Gasteiger partial charge is 0.417 e. The van der Waals surface area contributed by atoms with Gasteiger partial charge < -0.3 is 25.6 Å². The minimum absolute atomic E-state index is 0.0362. The Balaban J connectivity index is 1.36. The van der Waals surface area contributed by atoms with Gasteiger partial charge in [0.2, 0.25) is 5.91 Å². The van der Waals surface area contributed by atoms with E-state index in [1.54, 1.807) is 4.90 Å². The molecule has 3 aliphatic heterocycles. The number of nitrogens with zero attached hydrogens (tertiary/aromatic N) is 3. The number of pyridine rings is 1. The van der Waals surface area contributed by atoms with Crippen molar-refractivity contribution in [2.45, 2.75) is 56.9 Å². The highest BCUT2D eigenvalue weighted by atomic mass is 19.4. The van der Waals surface area contributed by atoms with Crippen molar-refractivity contribution in [3.63, 3.8) is 0 Å². The van der Waals surface area contributed by atoms with E-state index in [0.29, 0.717) is 56.4 Å². The van der Waals surface area contributed by atoms with Gasteiger partial charge in [-0.15, -0.1) is 0 Å². The van der Waals surface area contributed by atoms with E-state index >= 15 is 0 Å². The van der Waals surface area contributed by atoms with Crippen LogP contribution in [0.25, 0.3) is 0 Å². The van der Waals surface area contributed by atoms with Gasteiger partial charge in [0.25, 0.3) is 0 Å². The van der Waals surface area contributed by atoms with Crippen LogP contribution in [0.3, 0.4) is 0 Å². The van der Waals surface area contributed by atoms with E-state index in [1.165, 1.54) is 4.90 Å². The summed E-state index contributed by atoms with van der Waals surface area (Å²) in [5.41, 5.74) is 5.01. The summed E-state index contributed by atoms with van der Waals surface area (Å²) in [7, 11) is 0. The van der Waals surface area contributed by atoms with Gasteiger partial charge >= 0.3 is 12.2 Å². The summed E-state index contributed by atoms with van der Waals surface area (Å²) in [4.78, 5) is 33.1. The molecule has 8 nitrogen and oxygen atoms in total. The second kappa shape index (κ2) is 8.67. The van der Waals surface area contributed by atoms with Gasteiger partial charge in [-0.2, -0.15) is 13.2 Å². The average Bonchev–Trinajstić information content (AvgIpc) is 3.33. The second-order valence-corrected chi connectivity index (χ2v) is 10.1. The summed E-state index contributed by atoms with van der Waals surface area (Å²) >= 11 is 0. The van der Waals surface area contributed by atoms with Crippen LogP contribution in [0.4, 0.5) is 18.0 Å². The van der Waals surface area contributed by atoms with Crippen LogP contribution in [0.1, 0.15) is 42.5 Å². The van der Waals surface area contributed by atoms with Gasteiger partial charge in [-0.05, 0) is 43.2 Å². The predicted octanol–water partition coefficient (Wildman–Crippen LogP) is 1.91. The Kier molecular flexibility index (Phi) is 5.96. The van der Waals surface area contributed by atoms with Gasteiger partial charge in [0.1, 0.15) is 0 Å². The second-order valence-electron chi connectivity index (χ2n) is 10.1. The van der Waals surface area contributed by atoms with Crippen LogP contribution in [0, 0.1) is 11.3 Å². The van der Waals surface area contributed by atoms with Crippen molar-refractivity contribution in [3.05, 3.63) is 29.1 Å². The normalized spacial score (nSPS) is 29.7. The third-order valence-electron chi connectivity index (χ3n) is 7.96. The summed E-state index contributed by atoms with van der Waals surface area (Å²) in [6, 6.07) is 1.04. The lowest BCUT2D eigenvalue weighted by molar-refractivity contribution is -0.143. The number of carbonyl (C=O) groups excluding carboxylic acids is 2. The smallest absolute Gasteiger partial charge is 0.381 e. The van der Waals surface area contributed by atoms with Crippen molar-refractivity contribution in [2.75, 3.05) is 32.8 Å². The SMILES string of the molecule is NC(=O)N1C[C@@H]2C[C@@H](NC3CCOCC3)C[C@]2(C(=O)N2CCc3ncc(C(F)(F)F)cc3C2)C1. The average molecular weight is 482 g/mol. The van der Waals surface area contributed by atoms with Gasteiger partial charge in [-0.1, -0.05) is 0 Å². The molecule has 3 amide bonds. The highest BCUT2D eigenvalue weighted by molar-refractivity contribution is 5.86. The zero-order chi connectivity index (χ0) is 24.1. The number of likely N-dealkylation sites (tertiary alicyclic amines) is 1. The number of amides is 3. The van der Waals surface area contributed by atoms with Crippen molar-refractivity contribution in [1.82, 2.24) is 20.1 Å². The van der Waals surface area contributed by atoms with Gasteiger partial charge in [0.05, 0.1) is 11.0 Å². The fourth-order valence-corrected chi connectivity index (χ4v) is 6.26. The number of aromatic nitrogens is 1. The summed E-state index contributed by atoms with van der Waals surface area (Å²) in [6.45, 7) is 2.60. The molecule has 0 unspecified atom stereocenters. The van der Waals surface area contributed by atoms with Crippen molar-refractivity contribution in [2.24, 2.45) is 17.1 Å². The van der Waals surface area contributed by atoms with Crippen LogP contribution < -0.4 is 11.1 Å². The Morgan fingerprint density at radius 2 is 1.97 bits per heavy atom. The number of hydrogen-bond donors (Lipinski definition) is 2. The number of hydrogen-bond acceptors (Lipinski definition) is 5. The third kappa shape index (κ3) is 4.24. The molecule has 1 aromatic heterocycles. The fraction of sp³-hybridized carbons (Fsp3) is 0.696. The lowest BCUT2D eigenvalue weighted by atomic mass is 9.78. The number of urea groups is 1. The molecule has 0 aromatic carbocycles. The summed E-state index contributed by atoms with van der Waals surface area (Å²) in [5, 5.41) is 3.69. The fourth-order valence-electron chi connectivity index (χ4n) is 6.26. The first-order chi connectivity index (χ1) is 16.2. The monoisotopic (exact) mass is 481 g/mol. The Bertz CT molecular complexity index is 968. The molecule has 11 heteroatoms. The molecule has 3 N–H and O–H groups in total. The first-order valence-corrected chi connectivity index (χ1v) is 11.9. The van der Waals surface area contributed by atoms with Crippen LogP contribution in [0.15, 0.2) is 12.3 Å². The molecule has 5 rings (SSSR count). The molecule has 1 aromatic rings. The highest BCUT2D eigenvalue weighted by Gasteiger charge is 2.59. The number of primary amides is 1. The molecule has 0 radical (unpaired) electrons. The number of alkyl halides is 3. The topological polar surface area (TPSA) is 101 Å². The number of nitrogens with one attached hydrogen (secondary N) is 1. The number of carbonyl (C=O) groups is 2. The number of nitrogens with two attached hydrogens (primary N) is 1. The van der Waals surface area contributed by atoms with E-state index in [0.717, 1.165) is 31.5 Å². The van der Waals surface area contributed by atoms with E-state index in [4.69, 9.17) is 10.5 Å². The van der Waals surface area contributed by atoms with E-state index < -0.39 is 23.2 Å². The first-order valence-electron chi connectivity index (χ1n) is 11.9. The van der Waals surface area contributed by atoms with Crippen LogP contribution in [-0.2, 0) is 28.7 Å². The lowest BCUT2D eigenvalue weighted by Gasteiger charge is -2.37. The molecule has 1 aliphatic carbocycles. The molecule has 0 bridgehead atoms. The van der Waals surface area contributed by atoms with Crippen molar-refractivity contribution in [1.29, 1.82) is 0 Å². The van der Waals surface area contributed by atoms with Gasteiger partial charge in [0, 0.05) is 69.8 Å². The van der Waals surface area contributed by atoms with Gasteiger partial charge in [-0.3, -0.25) is 9.78 Å². The molecule has 3 atom stereocenters. The van der Waals surface area contributed by atoms with Crippen LogP contribution >= 0.6 is 0 Å². The summed E-state index contributed by atoms with van der Waals surface area (Å²) in [5.74, 6) is -0.133. The number of ether oxygens (including phenoxy) is 1. The highest BCUT2D eigenvalue weighted by Crippen LogP contribution is 2.50. The Labute approximate surface area is 196 Å². The zero-order valence-electron chi connectivity index (χ0n) is 18.9. The Morgan fingerprint density at radius 3 is 2.68 bits per heavy atom. The molecule has 2 saturated heterocycles. The third-order valence-corrected chi connectivity index (χ3v) is 7.96. The number of fused-ring (bicyclic) bond motifs is 2. The minimum Gasteiger partial charge on any atom is -0.381 e. The number of halogens is 3. The predicted molar refractivity (Wildman–Crippen MR) is 115 cm³/mol. The van der Waals surface area contributed by atoms with E-state index in [1.807, 2.05) is 0 Å². The molecule has 4 heterocycles. The Hall–Kier alpha value is -2.40. The van der Waals surface area contributed by atoms with E-state index in [9.17, 15) is 22.8 Å². The van der Waals surface area contributed by atoms with Crippen molar-refractivity contribution >= 4 is 11.9 Å². The molecule has 3 fully saturated rings. The molecule has 4 aliphatic rings. The van der Waals surface area contributed by atoms with E-state index in [2.05, 4.69) is 10.3 Å². The maximum atomic E-state index is 14.0. The Morgan fingerprint density at radius 1 is 1.21 bits per heavy atom. The molecular formula is C23H30F3N5O3. The van der Waals surface area contributed by atoms with Crippen molar-refractivity contribution < 1.29 is 27.5 Å². The van der Waals surface area contributed by atoms with Gasteiger partial charge in [0.15, 0.2) is 0 Å². The standard InChI is InChI=1S/C23H30F3N5O3/c24-23(25,26)15-7-14-11-30(4-1-19(14)28-10-15)20(32)22-9-18(29-17-2-5-34-6-3-17)8-16(22)12-31(13-22)21(27)33/h7,10,16-18,29H,1-6,8-9,11-13H2,(H2,27,33)/t16-,18+,22-/m0/s1. The van der Waals surface area contributed by atoms with Crippen LogP contribution in [0.5, 0.6) is 0 Å². The molecule has 34 heavy (non-hydrogen) atoms. The van der Waals surface area contributed by atoms with E-state index in [-0.39, 0.29) is 31.0 Å². The molecule has 0 spiro atoms. The molecular weight excluding hydrogens is 451 g/mol. The summed E-state index contributed by atoms with van der Waals surface area (Å²) in [6.07, 6.45) is -0.0293. The number of rotatable bonds is 3. The zero-order valence-corrected chi connectivity index (χ0v) is 18.9. The molecule has 1 saturated carbocycles. The van der Waals surface area contributed by atoms with Gasteiger partial charge in [-0.25, -0.2) is 4.79 Å². The molecule has 186 valence electrons. The first kappa shape index (κ1) is 23.3. The minimum atomic E-state index is -4.49. The van der Waals surface area contributed by atoms with Crippen molar-refractivity contribution in [3.8, 4) is 0 Å².